The van der Waals surface area contributed by atoms with Crippen LogP contribution in [0.25, 0.3) is 0 Å². The van der Waals surface area contributed by atoms with E-state index in [-0.39, 0.29) is 22.8 Å². The van der Waals surface area contributed by atoms with Crippen LogP contribution >= 0.6 is 11.8 Å². The zero-order valence-electron chi connectivity index (χ0n) is 11.1. The number of Topliss-reactive ketones (excluding diaryl/α,β-unsaturated/α-hetero) is 1. The molecule has 1 aromatic carbocycles. The van der Waals surface area contributed by atoms with Crippen molar-refractivity contribution >= 4 is 17.5 Å². The first kappa shape index (κ1) is 13.6. The molecule has 0 radical (unpaired) electrons. The Bertz CT molecular complexity index is 568. The molecule has 0 N–H and O–H groups in total. The maximum Gasteiger partial charge on any atom is 0.169 e. The third-order valence-electron chi connectivity index (χ3n) is 4.29. The molecular weight excluding hydrogens is 273 g/mol. The number of carbonyl (C=O) groups is 1. The molecule has 2 nitrogen and oxygen atoms in total. The van der Waals surface area contributed by atoms with Gasteiger partial charge in [0.1, 0.15) is 6.07 Å². The smallest absolute Gasteiger partial charge is 0.169 e. The second kappa shape index (κ2) is 5.57. The van der Waals surface area contributed by atoms with E-state index in [1.54, 1.807) is 12.1 Å². The molecule has 0 saturated carbocycles. The molecule has 0 spiro atoms. The molecule has 2 aliphatic rings. The maximum absolute atomic E-state index is 14.1. The van der Waals surface area contributed by atoms with Crippen LogP contribution in [0.5, 0.6) is 0 Å². The predicted octanol–water partition coefficient (Wildman–Crippen LogP) is 3.94. The minimum atomic E-state index is -0.650. The first-order chi connectivity index (χ1) is 9.69. The van der Waals surface area contributed by atoms with E-state index in [1.165, 1.54) is 31.4 Å². The van der Waals surface area contributed by atoms with Gasteiger partial charge in [0.15, 0.2) is 11.6 Å². The van der Waals surface area contributed by atoms with E-state index in [1.807, 2.05) is 11.8 Å². The van der Waals surface area contributed by atoms with E-state index in [0.717, 1.165) is 12.8 Å². The molecule has 20 heavy (non-hydrogen) atoms. The number of fused-ring (bicyclic) bond motifs is 2. The number of thioether (sulfide) groups is 1. The van der Waals surface area contributed by atoms with Gasteiger partial charge in [-0.2, -0.15) is 17.0 Å². The van der Waals surface area contributed by atoms with Crippen molar-refractivity contribution in [1.29, 1.82) is 5.26 Å². The molecule has 2 unspecified atom stereocenters. The van der Waals surface area contributed by atoms with Crippen molar-refractivity contribution in [3.05, 3.63) is 35.1 Å². The summed E-state index contributed by atoms with van der Waals surface area (Å²) >= 11 is 2.00. The summed E-state index contributed by atoms with van der Waals surface area (Å²) in [5, 5.41) is 9.97. The summed E-state index contributed by atoms with van der Waals surface area (Å²) in [5.74, 6) is -0.838. The van der Waals surface area contributed by atoms with Crippen molar-refractivity contribution in [1.82, 2.24) is 0 Å². The average Bonchev–Trinajstić information content (AvgIpc) is 2.46. The van der Waals surface area contributed by atoms with E-state index >= 15 is 0 Å². The SMILES string of the molecule is N#Cc1cccc(C(=O)C2CC3CCCC(C2)S3)c1F. The van der Waals surface area contributed by atoms with Crippen LogP contribution in [0.3, 0.4) is 0 Å². The van der Waals surface area contributed by atoms with E-state index in [0.29, 0.717) is 10.5 Å². The molecule has 2 saturated heterocycles. The molecule has 2 atom stereocenters. The van der Waals surface area contributed by atoms with Crippen LogP contribution in [0, 0.1) is 23.1 Å². The highest BCUT2D eigenvalue weighted by atomic mass is 32.2. The third-order valence-corrected chi connectivity index (χ3v) is 5.91. The number of ketones is 1. The van der Waals surface area contributed by atoms with E-state index < -0.39 is 5.82 Å². The van der Waals surface area contributed by atoms with E-state index in [2.05, 4.69) is 0 Å². The Labute approximate surface area is 122 Å². The van der Waals surface area contributed by atoms with Gasteiger partial charge in [-0.15, -0.1) is 0 Å². The Morgan fingerprint density at radius 1 is 1.30 bits per heavy atom. The number of halogens is 1. The highest BCUT2D eigenvalue weighted by Crippen LogP contribution is 2.44. The van der Waals surface area contributed by atoms with Gasteiger partial charge in [-0.1, -0.05) is 12.5 Å². The normalized spacial score (nSPS) is 28.7. The molecule has 0 amide bonds. The van der Waals surface area contributed by atoms with Crippen LogP contribution in [0.4, 0.5) is 4.39 Å². The highest BCUT2D eigenvalue weighted by molar-refractivity contribution is 8.00. The summed E-state index contributed by atoms with van der Waals surface area (Å²) in [6, 6.07) is 6.32. The van der Waals surface area contributed by atoms with Crippen molar-refractivity contribution < 1.29 is 9.18 Å². The highest BCUT2D eigenvalue weighted by Gasteiger charge is 2.36. The molecule has 2 bridgehead atoms. The summed E-state index contributed by atoms with van der Waals surface area (Å²) in [7, 11) is 0. The minimum Gasteiger partial charge on any atom is -0.294 e. The third kappa shape index (κ3) is 2.47. The van der Waals surface area contributed by atoms with Crippen molar-refractivity contribution in [2.75, 3.05) is 0 Å². The van der Waals surface area contributed by atoms with Gasteiger partial charge < -0.3 is 0 Å². The van der Waals surface area contributed by atoms with Crippen LogP contribution in [-0.4, -0.2) is 16.3 Å². The van der Waals surface area contributed by atoms with Gasteiger partial charge in [0.2, 0.25) is 0 Å². The molecule has 3 rings (SSSR count). The number of hydrogen-bond donors (Lipinski definition) is 0. The lowest BCUT2D eigenvalue weighted by Crippen LogP contribution is -2.33. The van der Waals surface area contributed by atoms with Gasteiger partial charge in [0.25, 0.3) is 0 Å². The summed E-state index contributed by atoms with van der Waals surface area (Å²) in [4.78, 5) is 12.6. The van der Waals surface area contributed by atoms with Crippen molar-refractivity contribution in [2.45, 2.75) is 42.6 Å². The summed E-state index contributed by atoms with van der Waals surface area (Å²) in [6.45, 7) is 0. The number of nitrogens with zero attached hydrogens (tertiary/aromatic N) is 1. The second-order valence-electron chi connectivity index (χ2n) is 5.62. The quantitative estimate of drug-likeness (QED) is 0.774. The average molecular weight is 289 g/mol. The van der Waals surface area contributed by atoms with E-state index in [4.69, 9.17) is 5.26 Å². The van der Waals surface area contributed by atoms with Gasteiger partial charge in [-0.25, -0.2) is 4.39 Å². The lowest BCUT2D eigenvalue weighted by molar-refractivity contribution is 0.0892. The van der Waals surface area contributed by atoms with Crippen LogP contribution in [0.2, 0.25) is 0 Å². The standard InChI is InChI=1S/C16H16FNOS/c17-15-10(9-18)3-1-6-14(15)16(19)11-7-12-4-2-5-13(8-11)20-12/h1,3,6,11-13H,2,4-5,7-8H2. The number of carbonyl (C=O) groups excluding carboxylic acids is 1. The topological polar surface area (TPSA) is 40.9 Å². The first-order valence-electron chi connectivity index (χ1n) is 7.07. The minimum absolute atomic E-state index is 0.0405. The van der Waals surface area contributed by atoms with Crippen LogP contribution in [0.1, 0.15) is 48.0 Å². The van der Waals surface area contributed by atoms with E-state index in [9.17, 15) is 9.18 Å². The summed E-state index contributed by atoms with van der Waals surface area (Å²) < 4.78 is 14.1. The molecule has 4 heteroatoms. The van der Waals surface area contributed by atoms with Crippen LogP contribution < -0.4 is 0 Å². The van der Waals surface area contributed by atoms with Crippen molar-refractivity contribution in [3.8, 4) is 6.07 Å². The molecule has 1 aromatic rings. The Morgan fingerprint density at radius 3 is 2.65 bits per heavy atom. The fourth-order valence-corrected chi connectivity index (χ4v) is 5.14. The predicted molar refractivity (Wildman–Crippen MR) is 77.2 cm³/mol. The Hall–Kier alpha value is -1.34. The Kier molecular flexibility index (Phi) is 3.80. The molecule has 104 valence electrons. The maximum atomic E-state index is 14.1. The van der Waals surface area contributed by atoms with Gasteiger partial charge in [0, 0.05) is 16.4 Å². The zero-order valence-corrected chi connectivity index (χ0v) is 12.0. The first-order valence-corrected chi connectivity index (χ1v) is 8.01. The molecule has 0 aromatic heterocycles. The molecule has 2 aliphatic heterocycles. The molecular formula is C16H16FNOS. The number of benzene rings is 1. The fraction of sp³-hybridized carbons (Fsp3) is 0.500. The van der Waals surface area contributed by atoms with Crippen LogP contribution in [0.15, 0.2) is 18.2 Å². The van der Waals surface area contributed by atoms with Gasteiger partial charge >= 0.3 is 0 Å². The molecule has 0 aliphatic carbocycles. The largest absolute Gasteiger partial charge is 0.294 e. The van der Waals surface area contributed by atoms with Crippen LogP contribution in [-0.2, 0) is 0 Å². The molecule has 2 fully saturated rings. The second-order valence-corrected chi connectivity index (χ2v) is 7.23. The lowest BCUT2D eigenvalue weighted by Gasteiger charge is -2.38. The Balaban J connectivity index is 1.84. The Morgan fingerprint density at radius 2 is 2.00 bits per heavy atom. The fourth-order valence-electron chi connectivity index (χ4n) is 3.30. The summed E-state index contributed by atoms with van der Waals surface area (Å²) in [6.07, 6.45) is 5.31. The zero-order chi connectivity index (χ0) is 14.1. The lowest BCUT2D eigenvalue weighted by atomic mass is 9.84. The summed E-state index contributed by atoms with van der Waals surface area (Å²) in [5.41, 5.74) is 0.0558. The number of rotatable bonds is 2. The van der Waals surface area contributed by atoms with Crippen molar-refractivity contribution in [3.63, 3.8) is 0 Å². The van der Waals surface area contributed by atoms with Crippen molar-refractivity contribution in [2.24, 2.45) is 5.92 Å². The number of nitriles is 1. The van der Waals surface area contributed by atoms with Gasteiger partial charge in [-0.3, -0.25) is 4.79 Å². The van der Waals surface area contributed by atoms with Gasteiger partial charge in [-0.05, 0) is 37.8 Å². The number of hydrogen-bond acceptors (Lipinski definition) is 3. The molecule has 2 heterocycles. The van der Waals surface area contributed by atoms with Gasteiger partial charge in [0.05, 0.1) is 11.1 Å². The monoisotopic (exact) mass is 289 g/mol.